The van der Waals surface area contributed by atoms with E-state index in [2.05, 4.69) is 6.92 Å². The number of hydrogen-bond acceptors (Lipinski definition) is 5. The largest absolute Gasteiger partial charge is 0.494 e. The van der Waals surface area contributed by atoms with Gasteiger partial charge in [-0.3, -0.25) is 9.59 Å². The molecule has 3 heterocycles. The Morgan fingerprint density at radius 3 is 2.56 bits per heavy atom. The number of fused-ring (bicyclic) bond motifs is 2. The number of benzene rings is 2. The second-order valence-corrected chi connectivity index (χ2v) is 8.82. The van der Waals surface area contributed by atoms with Crippen molar-refractivity contribution in [3.8, 4) is 5.75 Å². The van der Waals surface area contributed by atoms with Crippen molar-refractivity contribution < 1.29 is 18.4 Å². The zero-order chi connectivity index (χ0) is 23.8. The normalized spacial score (nSPS) is 15.2. The van der Waals surface area contributed by atoms with Gasteiger partial charge in [0.1, 0.15) is 17.1 Å². The number of carbonyl (C=O) groups is 1. The van der Waals surface area contributed by atoms with E-state index in [4.69, 9.17) is 13.6 Å². The quantitative estimate of drug-likeness (QED) is 0.322. The van der Waals surface area contributed by atoms with Gasteiger partial charge in [0.05, 0.1) is 36.4 Å². The van der Waals surface area contributed by atoms with Crippen molar-refractivity contribution in [1.82, 2.24) is 4.90 Å². The number of amides is 1. The monoisotopic (exact) mass is 457 g/mol. The molecule has 0 saturated heterocycles. The van der Waals surface area contributed by atoms with E-state index >= 15 is 0 Å². The van der Waals surface area contributed by atoms with Gasteiger partial charge >= 0.3 is 0 Å². The molecule has 1 aliphatic rings. The Balaban J connectivity index is 1.64. The van der Waals surface area contributed by atoms with Crippen molar-refractivity contribution in [3.05, 3.63) is 98.8 Å². The van der Waals surface area contributed by atoms with Crippen LogP contribution in [0.3, 0.4) is 0 Å². The molecule has 6 nitrogen and oxygen atoms in total. The number of rotatable bonds is 7. The number of hydrogen-bond donors (Lipinski definition) is 0. The molecular weight excluding hydrogens is 430 g/mol. The zero-order valence-electron chi connectivity index (χ0n) is 19.6. The van der Waals surface area contributed by atoms with Crippen LogP contribution in [0.25, 0.3) is 11.0 Å². The smallest absolute Gasteiger partial charge is 0.291 e. The average Bonchev–Trinajstić information content (AvgIpc) is 3.43. The third kappa shape index (κ3) is 3.79. The number of unbranched alkanes of at least 4 members (excludes halogenated alkanes) is 1. The van der Waals surface area contributed by atoms with Crippen LogP contribution in [-0.2, 0) is 6.54 Å². The van der Waals surface area contributed by atoms with Crippen molar-refractivity contribution in [2.45, 2.75) is 46.2 Å². The Morgan fingerprint density at radius 2 is 1.85 bits per heavy atom. The number of carbonyl (C=O) groups excluding carboxylic acids is 1. The fraction of sp³-hybridized carbons (Fsp3) is 0.286. The van der Waals surface area contributed by atoms with E-state index in [1.165, 1.54) is 0 Å². The Hall–Kier alpha value is -3.80. The fourth-order valence-corrected chi connectivity index (χ4v) is 4.64. The maximum absolute atomic E-state index is 13.8. The third-order valence-electron chi connectivity index (χ3n) is 6.27. The SMILES string of the molecule is CCCCOc1ccc(C2c3c(oc4c(C)cc(C)cc4c3=O)C(=O)N2Cc2ccco2)cc1. The molecule has 5 rings (SSSR count). The van der Waals surface area contributed by atoms with Gasteiger partial charge in [-0.05, 0) is 67.3 Å². The first kappa shape index (κ1) is 22.0. The van der Waals surface area contributed by atoms with Gasteiger partial charge in [0.15, 0.2) is 5.43 Å². The molecule has 2 aromatic heterocycles. The van der Waals surface area contributed by atoms with Gasteiger partial charge in [0, 0.05) is 0 Å². The fourth-order valence-electron chi connectivity index (χ4n) is 4.64. The van der Waals surface area contributed by atoms with Crippen molar-refractivity contribution >= 4 is 16.9 Å². The van der Waals surface area contributed by atoms with Gasteiger partial charge in [-0.1, -0.05) is 31.5 Å². The molecular formula is C28H27NO5. The van der Waals surface area contributed by atoms with Gasteiger partial charge < -0.3 is 18.5 Å². The minimum absolute atomic E-state index is 0.101. The molecule has 1 atom stereocenters. The number of furan rings is 1. The number of nitrogens with zero attached hydrogens (tertiary/aromatic N) is 1. The molecule has 0 spiro atoms. The Morgan fingerprint density at radius 1 is 1.06 bits per heavy atom. The van der Waals surface area contributed by atoms with E-state index in [9.17, 15) is 9.59 Å². The van der Waals surface area contributed by atoms with E-state index < -0.39 is 6.04 Å². The van der Waals surface area contributed by atoms with E-state index in [0.29, 0.717) is 28.9 Å². The summed E-state index contributed by atoms with van der Waals surface area (Å²) in [5, 5.41) is 0.494. The van der Waals surface area contributed by atoms with Crippen LogP contribution in [-0.4, -0.2) is 17.4 Å². The molecule has 1 aliphatic heterocycles. The molecule has 0 radical (unpaired) electrons. The highest BCUT2D eigenvalue weighted by Crippen LogP contribution is 2.40. The topological polar surface area (TPSA) is 72.9 Å². The molecule has 1 amide bonds. The highest BCUT2D eigenvalue weighted by molar-refractivity contribution is 5.99. The molecule has 4 aromatic rings. The lowest BCUT2D eigenvalue weighted by atomic mass is 9.97. The Kier molecular flexibility index (Phi) is 5.74. The summed E-state index contributed by atoms with van der Waals surface area (Å²) in [4.78, 5) is 28.9. The zero-order valence-corrected chi connectivity index (χ0v) is 19.6. The molecule has 0 fully saturated rings. The average molecular weight is 458 g/mol. The van der Waals surface area contributed by atoms with E-state index in [1.54, 1.807) is 17.2 Å². The van der Waals surface area contributed by atoms with Crippen LogP contribution in [0.4, 0.5) is 0 Å². The van der Waals surface area contributed by atoms with Crippen molar-refractivity contribution in [2.75, 3.05) is 6.61 Å². The molecule has 6 heteroatoms. The lowest BCUT2D eigenvalue weighted by Gasteiger charge is -2.24. The van der Waals surface area contributed by atoms with E-state index in [1.807, 2.05) is 56.3 Å². The second-order valence-electron chi connectivity index (χ2n) is 8.82. The van der Waals surface area contributed by atoms with Gasteiger partial charge in [-0.2, -0.15) is 0 Å². The standard InChI is InChI=1S/C28H27NO5/c1-4-5-12-32-20-10-8-19(9-11-20)24-23-25(30)22-15-17(2)14-18(3)26(22)34-27(23)28(31)29(24)16-21-7-6-13-33-21/h6-11,13-15,24H,4-5,12,16H2,1-3H3. The van der Waals surface area contributed by atoms with Crippen LogP contribution in [0.2, 0.25) is 0 Å². The van der Waals surface area contributed by atoms with Crippen molar-refractivity contribution in [1.29, 1.82) is 0 Å². The maximum atomic E-state index is 13.8. The molecule has 0 saturated carbocycles. The van der Waals surface area contributed by atoms with Crippen LogP contribution in [0.5, 0.6) is 5.75 Å². The van der Waals surface area contributed by atoms with E-state index in [0.717, 1.165) is 35.3 Å². The van der Waals surface area contributed by atoms with E-state index in [-0.39, 0.29) is 23.6 Å². The molecule has 34 heavy (non-hydrogen) atoms. The summed E-state index contributed by atoms with van der Waals surface area (Å²) in [6, 6.07) is 14.4. The summed E-state index contributed by atoms with van der Waals surface area (Å²) in [6.45, 7) is 6.83. The lowest BCUT2D eigenvalue weighted by molar-refractivity contribution is 0.0701. The van der Waals surface area contributed by atoms with Crippen LogP contribution in [0.1, 0.15) is 64.4 Å². The lowest BCUT2D eigenvalue weighted by Crippen LogP contribution is -2.29. The van der Waals surface area contributed by atoms with Gasteiger partial charge in [-0.15, -0.1) is 0 Å². The van der Waals surface area contributed by atoms with Gasteiger partial charge in [-0.25, -0.2) is 0 Å². The Labute approximate surface area is 197 Å². The highest BCUT2D eigenvalue weighted by atomic mass is 16.5. The van der Waals surface area contributed by atoms with Gasteiger partial charge in [0.25, 0.3) is 5.91 Å². The third-order valence-corrected chi connectivity index (χ3v) is 6.27. The van der Waals surface area contributed by atoms with Crippen LogP contribution in [0.15, 0.2) is 68.4 Å². The van der Waals surface area contributed by atoms with Crippen LogP contribution < -0.4 is 10.2 Å². The molecule has 1 unspecified atom stereocenters. The first-order valence-electron chi connectivity index (χ1n) is 11.6. The minimum Gasteiger partial charge on any atom is -0.494 e. The molecule has 0 N–H and O–H groups in total. The summed E-state index contributed by atoms with van der Waals surface area (Å²) in [7, 11) is 0. The molecule has 174 valence electrons. The highest BCUT2D eigenvalue weighted by Gasteiger charge is 2.43. The van der Waals surface area contributed by atoms with Crippen molar-refractivity contribution in [3.63, 3.8) is 0 Å². The minimum atomic E-state index is -0.584. The number of ether oxygens (including phenoxy) is 1. The van der Waals surface area contributed by atoms with Crippen molar-refractivity contribution in [2.24, 2.45) is 0 Å². The first-order valence-corrected chi connectivity index (χ1v) is 11.6. The number of aryl methyl sites for hydroxylation is 2. The molecule has 0 aliphatic carbocycles. The summed E-state index contributed by atoms with van der Waals surface area (Å²) >= 11 is 0. The summed E-state index contributed by atoms with van der Waals surface area (Å²) in [5.41, 5.74) is 3.27. The molecule has 2 aromatic carbocycles. The predicted octanol–water partition coefficient (Wildman–Crippen LogP) is 5.93. The van der Waals surface area contributed by atoms with Gasteiger partial charge in [0.2, 0.25) is 5.76 Å². The molecule has 0 bridgehead atoms. The Bertz CT molecular complexity index is 1400. The maximum Gasteiger partial charge on any atom is 0.291 e. The summed E-state index contributed by atoms with van der Waals surface area (Å²) in [5.74, 6) is 1.17. The first-order chi connectivity index (χ1) is 16.5. The van der Waals surface area contributed by atoms with Crippen LogP contribution >= 0.6 is 0 Å². The summed E-state index contributed by atoms with van der Waals surface area (Å²) < 4.78 is 17.4. The summed E-state index contributed by atoms with van der Waals surface area (Å²) in [6.07, 6.45) is 3.61. The second kappa shape index (κ2) is 8.86. The van der Waals surface area contributed by atoms with Crippen LogP contribution in [0, 0.1) is 13.8 Å². The predicted molar refractivity (Wildman–Crippen MR) is 129 cm³/mol.